The number of hydrogen-bond acceptors (Lipinski definition) is 3. The van der Waals surface area contributed by atoms with E-state index in [1.807, 2.05) is 0 Å². The Kier molecular flexibility index (Phi) is 3.22. The number of ether oxygens (including phenoxy) is 1. The van der Waals surface area contributed by atoms with Gasteiger partial charge in [0.25, 0.3) is 5.82 Å². The molecule has 0 saturated heterocycles. The highest BCUT2D eigenvalue weighted by Gasteiger charge is 2.35. The van der Waals surface area contributed by atoms with Gasteiger partial charge in [-0.2, -0.15) is 13.2 Å². The first-order valence-corrected chi connectivity index (χ1v) is 5.08. The summed E-state index contributed by atoms with van der Waals surface area (Å²) in [6, 6.07) is 6.98. The predicted octanol–water partition coefficient (Wildman–Crippen LogP) is 2.35. The molecule has 1 aromatic heterocycles. The first kappa shape index (κ1) is 12.4. The molecule has 0 unspecified atom stereocenters. The Bertz CT molecular complexity index is 519. The number of benzene rings is 1. The molecule has 2 rings (SSSR count). The van der Waals surface area contributed by atoms with Crippen LogP contribution in [0.3, 0.4) is 0 Å². The maximum Gasteiger partial charge on any atom is 0.453 e. The number of alkyl halides is 3. The minimum Gasteiger partial charge on any atom is -0.497 e. The van der Waals surface area contributed by atoms with Crippen LogP contribution < -0.4 is 4.74 Å². The molecule has 0 fully saturated rings. The van der Waals surface area contributed by atoms with Gasteiger partial charge in [-0.25, -0.2) is 9.67 Å². The molecular weight excluding hydrogens is 247 g/mol. The van der Waals surface area contributed by atoms with Crippen LogP contribution >= 0.6 is 0 Å². The minimum absolute atomic E-state index is 0.229. The van der Waals surface area contributed by atoms with E-state index in [-0.39, 0.29) is 6.54 Å². The Morgan fingerprint density at radius 3 is 2.39 bits per heavy atom. The molecule has 7 heteroatoms. The zero-order chi connectivity index (χ0) is 13.2. The number of rotatable bonds is 3. The standard InChI is InChI=1S/C11H10F3N3O/c1-18-9-4-2-8(3-5-9)6-17-7-15-10(16-17)11(12,13)14/h2-5,7H,6H2,1H3. The van der Waals surface area contributed by atoms with E-state index in [2.05, 4.69) is 10.1 Å². The van der Waals surface area contributed by atoms with Gasteiger partial charge in [0.1, 0.15) is 12.1 Å². The molecule has 0 bridgehead atoms. The fourth-order valence-electron chi connectivity index (χ4n) is 1.42. The number of hydrogen-bond donors (Lipinski definition) is 0. The summed E-state index contributed by atoms with van der Waals surface area (Å²) in [4.78, 5) is 3.22. The zero-order valence-corrected chi connectivity index (χ0v) is 9.48. The highest BCUT2D eigenvalue weighted by atomic mass is 19.4. The van der Waals surface area contributed by atoms with Crippen molar-refractivity contribution in [1.29, 1.82) is 0 Å². The summed E-state index contributed by atoms with van der Waals surface area (Å²) >= 11 is 0. The van der Waals surface area contributed by atoms with Crippen LogP contribution in [-0.2, 0) is 12.7 Å². The Labute approximate surface area is 101 Å². The van der Waals surface area contributed by atoms with Crippen LogP contribution in [0.2, 0.25) is 0 Å². The second-order valence-electron chi connectivity index (χ2n) is 3.61. The van der Waals surface area contributed by atoms with Crippen molar-refractivity contribution < 1.29 is 17.9 Å². The molecule has 0 aliphatic rings. The van der Waals surface area contributed by atoms with E-state index in [0.717, 1.165) is 16.6 Å². The van der Waals surface area contributed by atoms with E-state index in [1.165, 1.54) is 0 Å². The van der Waals surface area contributed by atoms with Gasteiger partial charge in [-0.3, -0.25) is 0 Å². The number of halogens is 3. The lowest BCUT2D eigenvalue weighted by Crippen LogP contribution is -2.09. The van der Waals surface area contributed by atoms with Crippen molar-refractivity contribution in [3.05, 3.63) is 42.0 Å². The average Bonchev–Trinajstić information content (AvgIpc) is 2.78. The van der Waals surface area contributed by atoms with Crippen LogP contribution in [0.4, 0.5) is 13.2 Å². The maximum absolute atomic E-state index is 12.3. The van der Waals surface area contributed by atoms with E-state index in [1.54, 1.807) is 31.4 Å². The van der Waals surface area contributed by atoms with Gasteiger partial charge in [-0.15, -0.1) is 5.10 Å². The van der Waals surface area contributed by atoms with Gasteiger partial charge in [-0.1, -0.05) is 12.1 Å². The maximum atomic E-state index is 12.3. The molecule has 0 saturated carbocycles. The molecule has 1 heterocycles. The highest BCUT2D eigenvalue weighted by Crippen LogP contribution is 2.25. The van der Waals surface area contributed by atoms with Gasteiger partial charge in [0.15, 0.2) is 0 Å². The number of nitrogens with zero attached hydrogens (tertiary/aromatic N) is 3. The van der Waals surface area contributed by atoms with Crippen molar-refractivity contribution in [2.75, 3.05) is 7.11 Å². The molecular formula is C11H10F3N3O. The van der Waals surface area contributed by atoms with Crippen LogP contribution in [0.25, 0.3) is 0 Å². The second-order valence-corrected chi connectivity index (χ2v) is 3.61. The molecule has 96 valence electrons. The average molecular weight is 257 g/mol. The van der Waals surface area contributed by atoms with Gasteiger partial charge in [0.2, 0.25) is 0 Å². The SMILES string of the molecule is COc1ccc(Cn2cnc(C(F)(F)F)n2)cc1. The molecule has 2 aromatic rings. The van der Waals surface area contributed by atoms with Gasteiger partial charge in [-0.05, 0) is 17.7 Å². The Balaban J connectivity index is 2.11. The van der Waals surface area contributed by atoms with Crippen molar-refractivity contribution in [1.82, 2.24) is 14.8 Å². The smallest absolute Gasteiger partial charge is 0.453 e. The minimum atomic E-state index is -4.51. The van der Waals surface area contributed by atoms with Crippen LogP contribution in [-0.4, -0.2) is 21.9 Å². The summed E-state index contributed by atoms with van der Waals surface area (Å²) in [5.74, 6) is -0.440. The third-order valence-corrected chi connectivity index (χ3v) is 2.29. The number of methoxy groups -OCH3 is 1. The third kappa shape index (κ3) is 2.79. The molecule has 0 N–H and O–H groups in total. The Morgan fingerprint density at radius 2 is 1.89 bits per heavy atom. The van der Waals surface area contributed by atoms with Crippen molar-refractivity contribution in [2.45, 2.75) is 12.7 Å². The van der Waals surface area contributed by atoms with Crippen LogP contribution in [0, 0.1) is 0 Å². The molecule has 4 nitrogen and oxygen atoms in total. The van der Waals surface area contributed by atoms with Crippen molar-refractivity contribution in [3.63, 3.8) is 0 Å². The van der Waals surface area contributed by atoms with E-state index in [4.69, 9.17) is 4.74 Å². The van der Waals surface area contributed by atoms with Crippen molar-refractivity contribution in [2.24, 2.45) is 0 Å². The predicted molar refractivity (Wildman–Crippen MR) is 57.1 cm³/mol. The lowest BCUT2D eigenvalue weighted by atomic mass is 10.2. The largest absolute Gasteiger partial charge is 0.497 e. The number of aromatic nitrogens is 3. The molecule has 0 amide bonds. The molecule has 0 atom stereocenters. The lowest BCUT2D eigenvalue weighted by Gasteiger charge is -2.03. The van der Waals surface area contributed by atoms with E-state index in [0.29, 0.717) is 5.75 Å². The summed E-state index contributed by atoms with van der Waals surface area (Å²) in [5.41, 5.74) is 0.814. The molecule has 0 aliphatic heterocycles. The highest BCUT2D eigenvalue weighted by molar-refractivity contribution is 5.27. The molecule has 18 heavy (non-hydrogen) atoms. The molecule has 0 spiro atoms. The van der Waals surface area contributed by atoms with Crippen LogP contribution in [0.1, 0.15) is 11.4 Å². The summed E-state index contributed by atoms with van der Waals surface area (Å²) in [5, 5.41) is 3.37. The Morgan fingerprint density at radius 1 is 1.22 bits per heavy atom. The summed E-state index contributed by atoms with van der Waals surface area (Å²) in [7, 11) is 1.54. The quantitative estimate of drug-likeness (QED) is 0.847. The fourth-order valence-corrected chi connectivity index (χ4v) is 1.42. The molecule has 0 radical (unpaired) electrons. The first-order chi connectivity index (χ1) is 8.49. The van der Waals surface area contributed by atoms with Gasteiger partial charge >= 0.3 is 6.18 Å². The third-order valence-electron chi connectivity index (χ3n) is 2.29. The Hall–Kier alpha value is -2.05. The first-order valence-electron chi connectivity index (χ1n) is 5.08. The molecule has 0 aliphatic carbocycles. The summed E-state index contributed by atoms with van der Waals surface area (Å²) < 4.78 is 43.0. The summed E-state index contributed by atoms with van der Waals surface area (Å²) in [6.45, 7) is 0.229. The topological polar surface area (TPSA) is 39.9 Å². The van der Waals surface area contributed by atoms with Crippen LogP contribution in [0.15, 0.2) is 30.6 Å². The fraction of sp³-hybridized carbons (Fsp3) is 0.273. The van der Waals surface area contributed by atoms with E-state index < -0.39 is 12.0 Å². The van der Waals surface area contributed by atoms with Crippen LogP contribution in [0.5, 0.6) is 5.75 Å². The van der Waals surface area contributed by atoms with Gasteiger partial charge < -0.3 is 4.74 Å². The van der Waals surface area contributed by atoms with Gasteiger partial charge in [0, 0.05) is 0 Å². The van der Waals surface area contributed by atoms with Gasteiger partial charge in [0.05, 0.1) is 13.7 Å². The van der Waals surface area contributed by atoms with Crippen molar-refractivity contribution in [3.8, 4) is 5.75 Å². The molecule has 1 aromatic carbocycles. The van der Waals surface area contributed by atoms with E-state index in [9.17, 15) is 13.2 Å². The summed E-state index contributed by atoms with van der Waals surface area (Å²) in [6.07, 6.45) is -3.45. The van der Waals surface area contributed by atoms with E-state index >= 15 is 0 Å². The second kappa shape index (κ2) is 4.67. The monoisotopic (exact) mass is 257 g/mol. The normalized spacial score (nSPS) is 11.6. The van der Waals surface area contributed by atoms with Crippen molar-refractivity contribution >= 4 is 0 Å². The lowest BCUT2D eigenvalue weighted by molar-refractivity contribution is -0.145. The zero-order valence-electron chi connectivity index (χ0n) is 9.48.